The summed E-state index contributed by atoms with van der Waals surface area (Å²) in [5.41, 5.74) is 3.62. The SMILES string of the molecule is O=C(c1c2c(nn1-c1ccccc1)CCC1(C2)OCCO1)N1CCCCC1. The number of carbonyl (C=O) groups is 1. The molecule has 1 aromatic heterocycles. The van der Waals surface area contributed by atoms with E-state index in [-0.39, 0.29) is 5.91 Å². The number of hydrogen-bond donors (Lipinski definition) is 0. The summed E-state index contributed by atoms with van der Waals surface area (Å²) in [7, 11) is 0. The Balaban J connectivity index is 1.60. The van der Waals surface area contributed by atoms with Crippen molar-refractivity contribution in [1.29, 1.82) is 0 Å². The number of rotatable bonds is 2. The average Bonchev–Trinajstić information content (AvgIpc) is 3.33. The summed E-state index contributed by atoms with van der Waals surface area (Å²) >= 11 is 0. The van der Waals surface area contributed by atoms with E-state index in [0.29, 0.717) is 25.3 Å². The fourth-order valence-electron chi connectivity index (χ4n) is 4.51. The molecule has 2 aromatic rings. The molecule has 2 saturated heterocycles. The number of hydrogen-bond acceptors (Lipinski definition) is 4. The first-order valence-electron chi connectivity index (χ1n) is 9.99. The van der Waals surface area contributed by atoms with Gasteiger partial charge < -0.3 is 14.4 Å². The monoisotopic (exact) mass is 367 g/mol. The first-order chi connectivity index (χ1) is 13.3. The number of aryl methyl sites for hydroxylation is 1. The van der Waals surface area contributed by atoms with Crippen molar-refractivity contribution < 1.29 is 14.3 Å². The molecule has 6 nitrogen and oxygen atoms in total. The van der Waals surface area contributed by atoms with Crippen LogP contribution in [0.15, 0.2) is 30.3 Å². The van der Waals surface area contributed by atoms with Crippen molar-refractivity contribution in [3.05, 3.63) is 47.3 Å². The van der Waals surface area contributed by atoms with Gasteiger partial charge in [0, 0.05) is 31.5 Å². The predicted molar refractivity (Wildman–Crippen MR) is 100.0 cm³/mol. The van der Waals surface area contributed by atoms with Crippen LogP contribution in [0, 0.1) is 0 Å². The van der Waals surface area contributed by atoms with Gasteiger partial charge in [-0.3, -0.25) is 4.79 Å². The topological polar surface area (TPSA) is 56.6 Å². The number of amides is 1. The van der Waals surface area contributed by atoms with Crippen molar-refractivity contribution in [3.8, 4) is 5.69 Å². The third kappa shape index (κ3) is 2.97. The molecule has 3 aliphatic rings. The molecule has 0 N–H and O–H groups in total. The van der Waals surface area contributed by atoms with Crippen LogP contribution >= 0.6 is 0 Å². The van der Waals surface area contributed by atoms with Crippen LogP contribution in [0.1, 0.15) is 47.4 Å². The number of benzene rings is 1. The second-order valence-corrected chi connectivity index (χ2v) is 7.66. The molecule has 1 aromatic carbocycles. The molecular formula is C21H25N3O3. The average molecular weight is 367 g/mol. The predicted octanol–water partition coefficient (Wildman–Crippen LogP) is 2.73. The molecule has 1 amide bonds. The summed E-state index contributed by atoms with van der Waals surface area (Å²) in [6.45, 7) is 2.90. The minimum absolute atomic E-state index is 0.0855. The van der Waals surface area contributed by atoms with Gasteiger partial charge in [-0.25, -0.2) is 4.68 Å². The molecule has 142 valence electrons. The Hall–Kier alpha value is -2.18. The Labute approximate surface area is 159 Å². The van der Waals surface area contributed by atoms with Crippen molar-refractivity contribution >= 4 is 5.91 Å². The highest BCUT2D eigenvalue weighted by Gasteiger charge is 2.43. The molecule has 1 aliphatic carbocycles. The largest absolute Gasteiger partial charge is 0.347 e. The number of fused-ring (bicyclic) bond motifs is 1. The van der Waals surface area contributed by atoms with Gasteiger partial charge >= 0.3 is 0 Å². The molecule has 2 aliphatic heterocycles. The van der Waals surface area contributed by atoms with Gasteiger partial charge in [0.2, 0.25) is 0 Å². The van der Waals surface area contributed by atoms with Gasteiger partial charge in [0.05, 0.1) is 24.6 Å². The molecule has 0 saturated carbocycles. The van der Waals surface area contributed by atoms with E-state index < -0.39 is 5.79 Å². The lowest BCUT2D eigenvalue weighted by Crippen LogP contribution is -2.40. The number of likely N-dealkylation sites (tertiary alicyclic amines) is 1. The Morgan fingerprint density at radius 2 is 1.78 bits per heavy atom. The fourth-order valence-corrected chi connectivity index (χ4v) is 4.51. The molecular weight excluding hydrogens is 342 g/mol. The number of carbonyl (C=O) groups excluding carboxylic acids is 1. The molecule has 2 fully saturated rings. The Bertz CT molecular complexity index is 834. The normalized spacial score (nSPS) is 21.4. The highest BCUT2D eigenvalue weighted by atomic mass is 16.7. The molecule has 6 heteroatoms. The molecule has 0 atom stereocenters. The highest BCUT2D eigenvalue weighted by molar-refractivity contribution is 5.95. The van der Waals surface area contributed by atoms with Gasteiger partial charge in [-0.2, -0.15) is 5.10 Å². The summed E-state index contributed by atoms with van der Waals surface area (Å²) in [5.74, 6) is -0.489. The van der Waals surface area contributed by atoms with Crippen molar-refractivity contribution in [2.75, 3.05) is 26.3 Å². The second kappa shape index (κ2) is 6.77. The lowest BCUT2D eigenvalue weighted by molar-refractivity contribution is -0.163. The number of ether oxygens (including phenoxy) is 2. The molecule has 0 unspecified atom stereocenters. The molecule has 27 heavy (non-hydrogen) atoms. The summed E-state index contributed by atoms with van der Waals surface area (Å²) in [6.07, 6.45) is 5.51. The zero-order chi connectivity index (χ0) is 18.3. The minimum atomic E-state index is -0.575. The van der Waals surface area contributed by atoms with Gasteiger partial charge in [-0.15, -0.1) is 0 Å². The number of para-hydroxylation sites is 1. The second-order valence-electron chi connectivity index (χ2n) is 7.66. The Morgan fingerprint density at radius 3 is 2.52 bits per heavy atom. The quantitative estimate of drug-likeness (QED) is 0.819. The standard InChI is InChI=1S/C21H25N3O3/c25-20(23-11-5-2-6-12-23)19-17-15-21(26-13-14-27-21)10-9-18(17)22-24(19)16-7-3-1-4-8-16/h1,3-4,7-8H,2,5-6,9-15H2. The van der Waals surface area contributed by atoms with Crippen LogP contribution in [0.2, 0.25) is 0 Å². The first kappa shape index (κ1) is 17.0. The van der Waals surface area contributed by atoms with Crippen LogP contribution in [0.3, 0.4) is 0 Å². The van der Waals surface area contributed by atoms with Gasteiger partial charge in [0.1, 0.15) is 5.69 Å². The van der Waals surface area contributed by atoms with Crippen molar-refractivity contribution in [2.45, 2.75) is 44.3 Å². The van der Waals surface area contributed by atoms with E-state index in [1.807, 2.05) is 39.9 Å². The third-order valence-electron chi connectivity index (χ3n) is 5.92. The number of nitrogens with zero attached hydrogens (tertiary/aromatic N) is 3. The lowest BCUT2D eigenvalue weighted by Gasteiger charge is -2.32. The summed E-state index contributed by atoms with van der Waals surface area (Å²) < 4.78 is 13.7. The van der Waals surface area contributed by atoms with Crippen LogP contribution in [0.5, 0.6) is 0 Å². The van der Waals surface area contributed by atoms with Crippen LogP contribution < -0.4 is 0 Å². The molecule has 0 bridgehead atoms. The van der Waals surface area contributed by atoms with Crippen molar-refractivity contribution in [1.82, 2.24) is 14.7 Å². The maximum atomic E-state index is 13.5. The third-order valence-corrected chi connectivity index (χ3v) is 5.92. The maximum absolute atomic E-state index is 13.5. The summed E-state index contributed by atoms with van der Waals surface area (Å²) in [4.78, 5) is 15.5. The van der Waals surface area contributed by atoms with E-state index in [1.54, 1.807) is 0 Å². The van der Waals surface area contributed by atoms with E-state index in [1.165, 1.54) is 6.42 Å². The molecule has 5 rings (SSSR count). The lowest BCUT2D eigenvalue weighted by atomic mass is 9.90. The fraction of sp³-hybridized carbons (Fsp3) is 0.524. The van der Waals surface area contributed by atoms with Gasteiger partial charge in [0.15, 0.2) is 5.79 Å². The van der Waals surface area contributed by atoms with Crippen LogP contribution in [-0.4, -0.2) is 52.7 Å². The van der Waals surface area contributed by atoms with E-state index in [9.17, 15) is 4.79 Å². The Kier molecular flexibility index (Phi) is 4.25. The summed E-state index contributed by atoms with van der Waals surface area (Å²) in [6, 6.07) is 9.95. The van der Waals surface area contributed by atoms with E-state index >= 15 is 0 Å². The molecule has 0 radical (unpaired) electrons. The zero-order valence-electron chi connectivity index (χ0n) is 15.5. The van der Waals surface area contributed by atoms with Gasteiger partial charge in [0.25, 0.3) is 5.91 Å². The van der Waals surface area contributed by atoms with Gasteiger partial charge in [-0.1, -0.05) is 18.2 Å². The number of aromatic nitrogens is 2. The smallest absolute Gasteiger partial charge is 0.272 e. The molecule has 3 heterocycles. The van der Waals surface area contributed by atoms with E-state index in [0.717, 1.165) is 55.7 Å². The van der Waals surface area contributed by atoms with E-state index in [4.69, 9.17) is 14.6 Å². The van der Waals surface area contributed by atoms with E-state index in [2.05, 4.69) is 0 Å². The van der Waals surface area contributed by atoms with Crippen molar-refractivity contribution in [3.63, 3.8) is 0 Å². The van der Waals surface area contributed by atoms with Crippen LogP contribution in [-0.2, 0) is 22.3 Å². The van der Waals surface area contributed by atoms with Gasteiger partial charge in [-0.05, 0) is 37.8 Å². The summed E-state index contributed by atoms with van der Waals surface area (Å²) in [5, 5.41) is 4.85. The highest BCUT2D eigenvalue weighted by Crippen LogP contribution is 2.37. The van der Waals surface area contributed by atoms with Crippen molar-refractivity contribution in [2.24, 2.45) is 0 Å². The minimum Gasteiger partial charge on any atom is -0.347 e. The maximum Gasteiger partial charge on any atom is 0.272 e. The van der Waals surface area contributed by atoms with Crippen LogP contribution in [0.4, 0.5) is 0 Å². The first-order valence-corrected chi connectivity index (χ1v) is 9.99. The zero-order valence-corrected chi connectivity index (χ0v) is 15.5. The Morgan fingerprint density at radius 1 is 1.04 bits per heavy atom. The van der Waals surface area contributed by atoms with Crippen LogP contribution in [0.25, 0.3) is 5.69 Å². The number of piperidine rings is 1. The molecule has 1 spiro atoms.